The topological polar surface area (TPSA) is 37.3 Å². The number of nitrogens with zero attached hydrogens (tertiary/aromatic N) is 2. The summed E-state index contributed by atoms with van der Waals surface area (Å²) in [6.07, 6.45) is 6.60. The van der Waals surface area contributed by atoms with Gasteiger partial charge in [0.05, 0.1) is 18.3 Å². The van der Waals surface area contributed by atoms with Gasteiger partial charge in [-0.3, -0.25) is 0 Å². The molecule has 2 aromatic carbocycles. The zero-order valence-electron chi connectivity index (χ0n) is 16.2. The molecule has 1 fully saturated rings. The quantitative estimate of drug-likeness (QED) is 0.584. The van der Waals surface area contributed by atoms with Crippen molar-refractivity contribution in [2.24, 2.45) is 0 Å². The lowest BCUT2D eigenvalue weighted by Gasteiger charge is -2.32. The number of fused-ring (bicyclic) bond motifs is 3. The second-order valence-electron chi connectivity index (χ2n) is 7.94. The number of benzene rings is 2. The van der Waals surface area contributed by atoms with E-state index in [1.807, 2.05) is 47.4 Å². The molecule has 1 unspecified atom stereocenters. The Labute approximate surface area is 176 Å². The summed E-state index contributed by atoms with van der Waals surface area (Å²) in [5.41, 5.74) is 4.41. The van der Waals surface area contributed by atoms with Crippen LogP contribution in [0.1, 0.15) is 48.5 Å². The van der Waals surface area contributed by atoms with E-state index < -0.39 is 0 Å². The van der Waals surface area contributed by atoms with Crippen molar-refractivity contribution in [2.75, 3.05) is 0 Å². The van der Waals surface area contributed by atoms with Crippen LogP contribution >= 0.6 is 11.6 Å². The van der Waals surface area contributed by atoms with Crippen LogP contribution in [0.25, 0.3) is 5.69 Å². The van der Waals surface area contributed by atoms with Crippen molar-refractivity contribution in [1.82, 2.24) is 14.8 Å². The summed E-state index contributed by atoms with van der Waals surface area (Å²) in [5.74, 6) is 0. The average molecular weight is 406 g/mol. The monoisotopic (exact) mass is 405 g/mol. The van der Waals surface area contributed by atoms with Crippen LogP contribution in [-0.2, 0) is 6.54 Å². The van der Waals surface area contributed by atoms with Gasteiger partial charge < -0.3 is 14.8 Å². The SMILES string of the molecule is O=C(NC1CCCC1)N1Cc2ccccc2-n2cccc2C1c1ccc(Cl)cc1. The number of carbonyl (C=O) groups excluding carboxylic acids is 1. The molecule has 0 saturated heterocycles. The van der Waals surface area contributed by atoms with Gasteiger partial charge in [-0.15, -0.1) is 0 Å². The summed E-state index contributed by atoms with van der Waals surface area (Å²) in [6.45, 7) is 0.559. The first-order valence-electron chi connectivity index (χ1n) is 10.3. The molecule has 5 rings (SSSR count). The lowest BCUT2D eigenvalue weighted by Crippen LogP contribution is -2.45. The van der Waals surface area contributed by atoms with E-state index in [9.17, 15) is 4.79 Å². The van der Waals surface area contributed by atoms with Gasteiger partial charge in [-0.2, -0.15) is 0 Å². The fourth-order valence-electron chi connectivity index (χ4n) is 4.66. The zero-order chi connectivity index (χ0) is 19.8. The van der Waals surface area contributed by atoms with Gasteiger partial charge >= 0.3 is 6.03 Å². The molecule has 1 aliphatic heterocycles. The first-order chi connectivity index (χ1) is 14.2. The highest BCUT2D eigenvalue weighted by atomic mass is 35.5. The molecular formula is C24H24ClN3O. The minimum Gasteiger partial charge on any atom is -0.335 e. The summed E-state index contributed by atoms with van der Waals surface area (Å²) < 4.78 is 2.21. The summed E-state index contributed by atoms with van der Waals surface area (Å²) in [4.78, 5) is 15.4. The van der Waals surface area contributed by atoms with Gasteiger partial charge in [0.25, 0.3) is 0 Å². The summed E-state index contributed by atoms with van der Waals surface area (Å²) in [5, 5.41) is 3.99. The zero-order valence-corrected chi connectivity index (χ0v) is 17.0. The van der Waals surface area contributed by atoms with Crippen molar-refractivity contribution in [3.63, 3.8) is 0 Å². The Morgan fingerprint density at radius 1 is 0.966 bits per heavy atom. The number of carbonyl (C=O) groups is 1. The lowest BCUT2D eigenvalue weighted by atomic mass is 10.0. The maximum Gasteiger partial charge on any atom is 0.318 e. The van der Waals surface area contributed by atoms with Gasteiger partial charge in [-0.25, -0.2) is 4.79 Å². The van der Waals surface area contributed by atoms with Crippen molar-refractivity contribution in [2.45, 2.75) is 44.3 Å². The molecule has 1 N–H and O–H groups in total. The van der Waals surface area contributed by atoms with Crippen LogP contribution in [0.2, 0.25) is 5.02 Å². The molecule has 0 spiro atoms. The van der Waals surface area contributed by atoms with Gasteiger partial charge in [0.1, 0.15) is 0 Å². The largest absolute Gasteiger partial charge is 0.335 e. The van der Waals surface area contributed by atoms with Crippen molar-refractivity contribution < 1.29 is 4.79 Å². The number of hydrogen-bond acceptors (Lipinski definition) is 1. The lowest BCUT2D eigenvalue weighted by molar-refractivity contribution is 0.176. The molecule has 1 saturated carbocycles. The maximum absolute atomic E-state index is 13.5. The number of halogens is 1. The second kappa shape index (κ2) is 7.60. The van der Waals surface area contributed by atoms with E-state index in [1.54, 1.807) is 0 Å². The number of aromatic nitrogens is 1. The summed E-state index contributed by atoms with van der Waals surface area (Å²) in [7, 11) is 0. The Hall–Kier alpha value is -2.72. The van der Waals surface area contributed by atoms with Crippen molar-refractivity contribution >= 4 is 17.6 Å². The predicted molar refractivity (Wildman–Crippen MR) is 115 cm³/mol. The van der Waals surface area contributed by atoms with Crippen LogP contribution in [0.4, 0.5) is 4.79 Å². The van der Waals surface area contributed by atoms with Crippen LogP contribution in [0.5, 0.6) is 0 Å². The summed E-state index contributed by atoms with van der Waals surface area (Å²) >= 11 is 6.15. The van der Waals surface area contributed by atoms with Crippen LogP contribution in [0, 0.1) is 0 Å². The Kier molecular flexibility index (Phi) is 4.80. The Morgan fingerprint density at radius 2 is 1.72 bits per heavy atom. The molecule has 0 bridgehead atoms. The molecule has 1 aliphatic carbocycles. The number of urea groups is 1. The molecule has 5 heteroatoms. The molecule has 1 aromatic heterocycles. The Balaban J connectivity index is 1.61. The van der Waals surface area contributed by atoms with Crippen LogP contribution in [0.3, 0.4) is 0 Å². The number of amides is 2. The maximum atomic E-state index is 13.5. The highest BCUT2D eigenvalue weighted by molar-refractivity contribution is 6.30. The van der Waals surface area contributed by atoms with Gasteiger partial charge in [0.2, 0.25) is 0 Å². The Morgan fingerprint density at radius 3 is 2.52 bits per heavy atom. The average Bonchev–Trinajstić information content (AvgIpc) is 3.39. The van der Waals surface area contributed by atoms with Gasteiger partial charge in [-0.1, -0.05) is 54.8 Å². The third-order valence-electron chi connectivity index (χ3n) is 6.09. The van der Waals surface area contributed by atoms with Crippen LogP contribution < -0.4 is 5.32 Å². The van der Waals surface area contributed by atoms with E-state index >= 15 is 0 Å². The van der Waals surface area contributed by atoms with Crippen LogP contribution in [-0.4, -0.2) is 21.5 Å². The van der Waals surface area contributed by atoms with E-state index in [0.717, 1.165) is 35.3 Å². The molecule has 2 amide bonds. The van der Waals surface area contributed by atoms with E-state index in [0.29, 0.717) is 11.6 Å². The first kappa shape index (κ1) is 18.3. The Bertz CT molecular complexity index is 1020. The fraction of sp³-hybridized carbons (Fsp3) is 0.292. The number of rotatable bonds is 2. The third kappa shape index (κ3) is 3.42. The first-order valence-corrected chi connectivity index (χ1v) is 10.7. The van der Waals surface area contributed by atoms with Gasteiger partial charge in [0.15, 0.2) is 0 Å². The predicted octanol–water partition coefficient (Wildman–Crippen LogP) is 5.69. The van der Waals surface area contributed by atoms with Gasteiger partial charge in [-0.05, 0) is 54.3 Å². The van der Waals surface area contributed by atoms with E-state index in [2.05, 4.69) is 34.3 Å². The van der Waals surface area contributed by atoms with Gasteiger partial charge in [0, 0.05) is 23.0 Å². The number of hydrogen-bond donors (Lipinski definition) is 1. The normalized spacial score (nSPS) is 18.8. The summed E-state index contributed by atoms with van der Waals surface area (Å²) in [6, 6.07) is 20.4. The molecule has 1 atom stereocenters. The van der Waals surface area contributed by atoms with Crippen molar-refractivity contribution in [1.29, 1.82) is 0 Å². The van der Waals surface area contributed by atoms with E-state index in [1.165, 1.54) is 12.8 Å². The number of para-hydroxylation sites is 1. The molecule has 0 radical (unpaired) electrons. The van der Waals surface area contributed by atoms with Crippen molar-refractivity contribution in [3.8, 4) is 5.69 Å². The molecule has 29 heavy (non-hydrogen) atoms. The molecular weight excluding hydrogens is 382 g/mol. The van der Waals surface area contributed by atoms with E-state index in [-0.39, 0.29) is 18.1 Å². The second-order valence-corrected chi connectivity index (χ2v) is 8.38. The third-order valence-corrected chi connectivity index (χ3v) is 6.35. The number of nitrogens with one attached hydrogen (secondary N) is 1. The standard InChI is InChI=1S/C24H24ClN3O/c25-19-13-11-17(12-14-19)23-22-10-5-15-27(22)21-9-4-1-6-18(21)16-28(23)24(29)26-20-7-2-3-8-20/h1,4-6,9-15,20,23H,2-3,7-8,16H2,(H,26,29). The highest BCUT2D eigenvalue weighted by Gasteiger charge is 2.33. The molecule has 148 valence electrons. The smallest absolute Gasteiger partial charge is 0.318 e. The minimum absolute atomic E-state index is 0.00121. The van der Waals surface area contributed by atoms with E-state index in [4.69, 9.17) is 11.6 Å². The van der Waals surface area contributed by atoms with Crippen molar-refractivity contribution in [3.05, 3.63) is 88.7 Å². The minimum atomic E-state index is -0.184. The fourth-order valence-corrected chi connectivity index (χ4v) is 4.79. The molecule has 3 aromatic rings. The molecule has 4 nitrogen and oxygen atoms in total. The highest BCUT2D eigenvalue weighted by Crippen LogP contribution is 2.37. The molecule has 2 heterocycles. The van der Waals surface area contributed by atoms with Crippen LogP contribution in [0.15, 0.2) is 66.9 Å². The molecule has 2 aliphatic rings.